The zero-order valence-corrected chi connectivity index (χ0v) is 11.1. The van der Waals surface area contributed by atoms with Gasteiger partial charge in [-0.1, -0.05) is 15.9 Å². The number of ether oxygens (including phenoxy) is 2. The molecule has 0 spiro atoms. The third-order valence-corrected chi connectivity index (χ3v) is 3.20. The number of aldehydes is 1. The fraction of sp³-hybridized carbons (Fsp3) is 0.417. The summed E-state index contributed by atoms with van der Waals surface area (Å²) in [7, 11) is 1.63. The van der Waals surface area contributed by atoms with Gasteiger partial charge in [0.1, 0.15) is 6.10 Å². The van der Waals surface area contributed by atoms with E-state index in [1.165, 1.54) is 0 Å². The summed E-state index contributed by atoms with van der Waals surface area (Å²) in [4.78, 5) is 12.9. The Balaban J connectivity index is 2.13. The van der Waals surface area contributed by atoms with Crippen LogP contribution >= 0.6 is 15.9 Å². The highest BCUT2D eigenvalue weighted by molar-refractivity contribution is 9.10. The molecule has 1 aromatic rings. The van der Waals surface area contributed by atoms with Crippen LogP contribution in [0, 0.1) is 0 Å². The standard InChI is InChI=1S/C12H14BrNO3/c1-16-8-11-6-14(12(7-15)17-11)10-4-2-9(13)3-5-10/h2-5,7,11-12H,6,8H2,1H3. The van der Waals surface area contributed by atoms with Crippen molar-refractivity contribution in [1.29, 1.82) is 0 Å². The Morgan fingerprint density at radius 3 is 2.82 bits per heavy atom. The van der Waals surface area contributed by atoms with Crippen molar-refractivity contribution in [3.8, 4) is 0 Å². The second kappa shape index (κ2) is 5.62. The first-order valence-electron chi connectivity index (χ1n) is 5.36. The number of nitrogens with zero attached hydrogens (tertiary/aromatic N) is 1. The zero-order chi connectivity index (χ0) is 12.3. The van der Waals surface area contributed by atoms with Crippen molar-refractivity contribution in [3.63, 3.8) is 0 Å². The van der Waals surface area contributed by atoms with E-state index < -0.39 is 6.23 Å². The summed E-state index contributed by atoms with van der Waals surface area (Å²) < 4.78 is 11.6. The maximum absolute atomic E-state index is 11.0. The lowest BCUT2D eigenvalue weighted by Gasteiger charge is -2.20. The van der Waals surface area contributed by atoms with E-state index in [4.69, 9.17) is 9.47 Å². The molecule has 0 N–H and O–H groups in total. The minimum atomic E-state index is -0.517. The van der Waals surface area contributed by atoms with Gasteiger partial charge in [0.15, 0.2) is 12.5 Å². The summed E-state index contributed by atoms with van der Waals surface area (Å²) in [5.41, 5.74) is 0.976. The largest absolute Gasteiger partial charge is 0.382 e. The highest BCUT2D eigenvalue weighted by Crippen LogP contribution is 2.25. The summed E-state index contributed by atoms with van der Waals surface area (Å²) in [6.45, 7) is 1.16. The molecular weight excluding hydrogens is 286 g/mol. The molecule has 0 amide bonds. The SMILES string of the molecule is COCC1CN(c2ccc(Br)cc2)C(C=O)O1. The van der Waals surface area contributed by atoms with E-state index in [1.54, 1.807) is 7.11 Å². The van der Waals surface area contributed by atoms with Gasteiger partial charge in [-0.15, -0.1) is 0 Å². The van der Waals surface area contributed by atoms with Crippen LogP contribution in [0.3, 0.4) is 0 Å². The quantitative estimate of drug-likeness (QED) is 0.795. The van der Waals surface area contributed by atoms with Crippen LogP contribution in [0.15, 0.2) is 28.7 Å². The van der Waals surface area contributed by atoms with E-state index >= 15 is 0 Å². The average molecular weight is 300 g/mol. The molecule has 4 nitrogen and oxygen atoms in total. The van der Waals surface area contributed by atoms with Gasteiger partial charge in [0.2, 0.25) is 0 Å². The molecule has 0 radical (unpaired) electrons. The summed E-state index contributed by atoms with van der Waals surface area (Å²) in [6, 6.07) is 7.81. The van der Waals surface area contributed by atoms with Crippen molar-refractivity contribution in [2.75, 3.05) is 25.2 Å². The van der Waals surface area contributed by atoms with Crippen LogP contribution in [0.4, 0.5) is 5.69 Å². The van der Waals surface area contributed by atoms with Crippen molar-refractivity contribution >= 4 is 27.9 Å². The Hall–Kier alpha value is -0.910. The molecule has 0 aliphatic carbocycles. The lowest BCUT2D eigenvalue weighted by molar-refractivity contribution is -0.118. The van der Waals surface area contributed by atoms with Crippen molar-refractivity contribution in [1.82, 2.24) is 0 Å². The summed E-state index contributed by atoms with van der Waals surface area (Å²) >= 11 is 3.38. The predicted molar refractivity (Wildman–Crippen MR) is 68.1 cm³/mol. The molecule has 1 aromatic carbocycles. The molecule has 2 rings (SSSR count). The Morgan fingerprint density at radius 1 is 1.53 bits per heavy atom. The molecular formula is C12H14BrNO3. The van der Waals surface area contributed by atoms with Crippen LogP contribution in [0.5, 0.6) is 0 Å². The number of carbonyl (C=O) groups excluding carboxylic acids is 1. The van der Waals surface area contributed by atoms with Crippen LogP contribution in [0.1, 0.15) is 0 Å². The fourth-order valence-corrected chi connectivity index (χ4v) is 2.17. The van der Waals surface area contributed by atoms with Crippen molar-refractivity contribution in [3.05, 3.63) is 28.7 Å². The van der Waals surface area contributed by atoms with Gasteiger partial charge in [-0.05, 0) is 24.3 Å². The van der Waals surface area contributed by atoms with Crippen LogP contribution in [-0.2, 0) is 14.3 Å². The average Bonchev–Trinajstić information content (AvgIpc) is 2.74. The van der Waals surface area contributed by atoms with Crippen LogP contribution in [0.25, 0.3) is 0 Å². The Morgan fingerprint density at radius 2 is 2.24 bits per heavy atom. The van der Waals surface area contributed by atoms with Crippen LogP contribution in [-0.4, -0.2) is 38.9 Å². The Bertz CT molecular complexity index is 382. The number of halogens is 1. The fourth-order valence-electron chi connectivity index (χ4n) is 1.91. The minimum absolute atomic E-state index is 0.0566. The van der Waals surface area contributed by atoms with E-state index in [2.05, 4.69) is 15.9 Å². The monoisotopic (exact) mass is 299 g/mol. The van der Waals surface area contributed by atoms with Gasteiger partial charge < -0.3 is 14.4 Å². The van der Waals surface area contributed by atoms with Gasteiger partial charge in [0.25, 0.3) is 0 Å². The maximum Gasteiger partial charge on any atom is 0.187 e. The van der Waals surface area contributed by atoms with Gasteiger partial charge in [-0.2, -0.15) is 0 Å². The molecule has 92 valence electrons. The summed E-state index contributed by atoms with van der Waals surface area (Å²) in [5, 5.41) is 0. The molecule has 1 aliphatic rings. The molecule has 1 aliphatic heterocycles. The van der Waals surface area contributed by atoms with E-state index in [0.717, 1.165) is 16.4 Å². The van der Waals surface area contributed by atoms with E-state index in [9.17, 15) is 4.79 Å². The maximum atomic E-state index is 11.0. The number of hydrogen-bond donors (Lipinski definition) is 0. The number of rotatable bonds is 4. The lowest BCUT2D eigenvalue weighted by Crippen LogP contribution is -2.31. The number of methoxy groups -OCH3 is 1. The van der Waals surface area contributed by atoms with E-state index in [1.807, 2.05) is 29.2 Å². The summed E-state index contributed by atoms with van der Waals surface area (Å²) in [6.07, 6.45) is 0.243. The first kappa shape index (κ1) is 12.5. The second-order valence-corrected chi connectivity index (χ2v) is 4.78. The normalized spacial score (nSPS) is 24.0. The van der Waals surface area contributed by atoms with Gasteiger partial charge >= 0.3 is 0 Å². The third-order valence-electron chi connectivity index (χ3n) is 2.67. The minimum Gasteiger partial charge on any atom is -0.382 e. The van der Waals surface area contributed by atoms with Crippen molar-refractivity contribution in [2.24, 2.45) is 0 Å². The third kappa shape index (κ3) is 2.86. The molecule has 1 heterocycles. The Labute approximate surface area is 109 Å². The van der Waals surface area contributed by atoms with Crippen LogP contribution < -0.4 is 4.90 Å². The van der Waals surface area contributed by atoms with Crippen molar-refractivity contribution < 1.29 is 14.3 Å². The number of benzene rings is 1. The number of carbonyl (C=O) groups is 1. The highest BCUT2D eigenvalue weighted by atomic mass is 79.9. The molecule has 0 bridgehead atoms. The van der Waals surface area contributed by atoms with Gasteiger partial charge in [-0.25, -0.2) is 0 Å². The van der Waals surface area contributed by atoms with E-state index in [-0.39, 0.29) is 6.10 Å². The molecule has 17 heavy (non-hydrogen) atoms. The molecule has 0 saturated carbocycles. The highest BCUT2D eigenvalue weighted by Gasteiger charge is 2.32. The molecule has 1 fully saturated rings. The molecule has 1 saturated heterocycles. The first-order valence-corrected chi connectivity index (χ1v) is 6.16. The molecule has 0 aromatic heterocycles. The summed E-state index contributed by atoms with van der Waals surface area (Å²) in [5.74, 6) is 0. The number of hydrogen-bond acceptors (Lipinski definition) is 4. The zero-order valence-electron chi connectivity index (χ0n) is 9.51. The molecule has 2 atom stereocenters. The molecule has 5 heteroatoms. The topological polar surface area (TPSA) is 38.8 Å². The Kier molecular flexibility index (Phi) is 4.15. The first-order chi connectivity index (χ1) is 8.24. The van der Waals surface area contributed by atoms with Gasteiger partial charge in [0.05, 0.1) is 6.61 Å². The van der Waals surface area contributed by atoms with E-state index in [0.29, 0.717) is 13.2 Å². The van der Waals surface area contributed by atoms with Gasteiger partial charge in [0, 0.05) is 23.8 Å². The van der Waals surface area contributed by atoms with Gasteiger partial charge in [-0.3, -0.25) is 4.79 Å². The lowest BCUT2D eigenvalue weighted by atomic mass is 10.2. The number of anilines is 1. The van der Waals surface area contributed by atoms with Crippen molar-refractivity contribution in [2.45, 2.75) is 12.3 Å². The van der Waals surface area contributed by atoms with Crippen LogP contribution in [0.2, 0.25) is 0 Å². The predicted octanol–water partition coefficient (Wildman–Crippen LogP) is 1.83. The smallest absolute Gasteiger partial charge is 0.187 e. The second-order valence-electron chi connectivity index (χ2n) is 3.87. The molecule has 2 unspecified atom stereocenters.